The van der Waals surface area contributed by atoms with Crippen molar-refractivity contribution in [1.82, 2.24) is 10.2 Å². The van der Waals surface area contributed by atoms with E-state index in [0.717, 1.165) is 30.8 Å². The Hall–Kier alpha value is -0.870. The Balaban J connectivity index is 1.72. The zero-order valence-electron chi connectivity index (χ0n) is 10.8. The highest BCUT2D eigenvalue weighted by molar-refractivity contribution is 7.14. The van der Waals surface area contributed by atoms with E-state index in [1.807, 2.05) is 11.0 Å². The number of carbonyl (C=O) groups is 1. The highest BCUT2D eigenvalue weighted by atomic mass is 32.1. The highest BCUT2D eigenvalue weighted by Crippen LogP contribution is 2.24. The molecular weight excluding hydrogens is 244 g/mol. The summed E-state index contributed by atoms with van der Waals surface area (Å²) in [6.45, 7) is 3.93. The van der Waals surface area contributed by atoms with Crippen molar-refractivity contribution in [2.75, 3.05) is 13.1 Å². The molecule has 2 fully saturated rings. The third kappa shape index (κ3) is 2.31. The maximum atomic E-state index is 12.5. The lowest BCUT2D eigenvalue weighted by Gasteiger charge is -2.23. The molecule has 2 aliphatic rings. The molecule has 1 aromatic heterocycles. The van der Waals surface area contributed by atoms with Crippen LogP contribution in [0.4, 0.5) is 0 Å². The molecule has 0 radical (unpaired) electrons. The number of hydrogen-bond donors (Lipinski definition) is 1. The number of likely N-dealkylation sites (tertiary alicyclic amines) is 1. The predicted octanol–water partition coefficient (Wildman–Crippen LogP) is 2.28. The second kappa shape index (κ2) is 5.02. The number of fused-ring (bicyclic) bond motifs is 2. The second-order valence-electron chi connectivity index (χ2n) is 5.30. The molecule has 0 spiro atoms. The molecule has 1 N–H and O–H groups in total. The Morgan fingerprint density at radius 1 is 1.39 bits per heavy atom. The van der Waals surface area contributed by atoms with Crippen LogP contribution < -0.4 is 5.32 Å². The van der Waals surface area contributed by atoms with Crippen molar-refractivity contribution in [2.24, 2.45) is 0 Å². The first-order valence-corrected chi connectivity index (χ1v) is 7.72. The van der Waals surface area contributed by atoms with E-state index in [9.17, 15) is 4.79 Å². The van der Waals surface area contributed by atoms with Crippen molar-refractivity contribution in [2.45, 2.75) is 44.7 Å². The van der Waals surface area contributed by atoms with E-state index in [2.05, 4.69) is 18.3 Å². The molecule has 2 unspecified atom stereocenters. The lowest BCUT2D eigenvalue weighted by molar-refractivity contribution is 0.0753. The maximum Gasteiger partial charge on any atom is 0.263 e. The Kier molecular flexibility index (Phi) is 3.39. The quantitative estimate of drug-likeness (QED) is 0.889. The average molecular weight is 264 g/mol. The van der Waals surface area contributed by atoms with Crippen LogP contribution in [0.25, 0.3) is 0 Å². The van der Waals surface area contributed by atoms with Crippen molar-refractivity contribution in [3.63, 3.8) is 0 Å². The molecule has 0 aromatic carbocycles. The molecule has 1 amide bonds. The van der Waals surface area contributed by atoms with Gasteiger partial charge in [0, 0.05) is 30.1 Å². The molecule has 2 saturated heterocycles. The summed E-state index contributed by atoms with van der Waals surface area (Å²) in [7, 11) is 0. The van der Waals surface area contributed by atoms with Gasteiger partial charge < -0.3 is 10.2 Å². The van der Waals surface area contributed by atoms with Gasteiger partial charge in [-0.2, -0.15) is 0 Å². The summed E-state index contributed by atoms with van der Waals surface area (Å²) < 4.78 is 0. The summed E-state index contributed by atoms with van der Waals surface area (Å²) in [5.74, 6) is 0.231. The molecule has 2 bridgehead atoms. The summed E-state index contributed by atoms with van der Waals surface area (Å²) in [5.41, 5.74) is 0. The number of hydrogen-bond acceptors (Lipinski definition) is 3. The number of rotatable bonds is 2. The number of carbonyl (C=O) groups excluding carboxylic acids is 1. The Bertz CT molecular complexity index is 443. The number of amides is 1. The van der Waals surface area contributed by atoms with Crippen LogP contribution >= 0.6 is 11.3 Å². The molecule has 3 nitrogen and oxygen atoms in total. The SMILES string of the molecule is CCc1ccc(C(=O)N2CCC3CCC(C2)N3)s1. The van der Waals surface area contributed by atoms with Gasteiger partial charge in [-0.1, -0.05) is 6.92 Å². The fourth-order valence-electron chi connectivity index (χ4n) is 2.97. The van der Waals surface area contributed by atoms with E-state index in [1.165, 1.54) is 17.7 Å². The minimum Gasteiger partial charge on any atom is -0.336 e. The molecule has 3 heterocycles. The summed E-state index contributed by atoms with van der Waals surface area (Å²) >= 11 is 1.65. The lowest BCUT2D eigenvalue weighted by Crippen LogP contribution is -2.38. The molecule has 98 valence electrons. The Morgan fingerprint density at radius 2 is 2.22 bits per heavy atom. The van der Waals surface area contributed by atoms with Crippen LogP contribution in [-0.4, -0.2) is 36.0 Å². The van der Waals surface area contributed by atoms with Gasteiger partial charge in [-0.25, -0.2) is 0 Å². The zero-order chi connectivity index (χ0) is 12.5. The Labute approximate surface area is 112 Å². The van der Waals surface area contributed by atoms with Crippen molar-refractivity contribution in [1.29, 1.82) is 0 Å². The van der Waals surface area contributed by atoms with E-state index >= 15 is 0 Å². The predicted molar refractivity (Wildman–Crippen MR) is 74.2 cm³/mol. The van der Waals surface area contributed by atoms with E-state index in [-0.39, 0.29) is 5.91 Å². The lowest BCUT2D eigenvalue weighted by atomic mass is 10.1. The monoisotopic (exact) mass is 264 g/mol. The van der Waals surface area contributed by atoms with Gasteiger partial charge >= 0.3 is 0 Å². The van der Waals surface area contributed by atoms with E-state index in [4.69, 9.17) is 0 Å². The number of nitrogens with zero attached hydrogens (tertiary/aromatic N) is 1. The number of thiophene rings is 1. The zero-order valence-corrected chi connectivity index (χ0v) is 11.6. The fraction of sp³-hybridized carbons (Fsp3) is 0.643. The van der Waals surface area contributed by atoms with Crippen LogP contribution in [0.5, 0.6) is 0 Å². The second-order valence-corrected chi connectivity index (χ2v) is 6.47. The van der Waals surface area contributed by atoms with Gasteiger partial charge in [-0.3, -0.25) is 4.79 Å². The first-order chi connectivity index (χ1) is 8.76. The molecular formula is C14H20N2OS. The topological polar surface area (TPSA) is 32.3 Å². The van der Waals surface area contributed by atoms with Crippen molar-refractivity contribution in [3.05, 3.63) is 21.9 Å². The minimum absolute atomic E-state index is 0.231. The molecule has 0 saturated carbocycles. The van der Waals surface area contributed by atoms with Gasteiger partial charge in [0.25, 0.3) is 5.91 Å². The normalized spacial score (nSPS) is 27.3. The van der Waals surface area contributed by atoms with E-state index in [0.29, 0.717) is 12.1 Å². The van der Waals surface area contributed by atoms with E-state index < -0.39 is 0 Å². The molecule has 18 heavy (non-hydrogen) atoms. The van der Waals surface area contributed by atoms with Crippen LogP contribution in [0.1, 0.15) is 40.7 Å². The number of aryl methyl sites for hydroxylation is 1. The van der Waals surface area contributed by atoms with Gasteiger partial charge in [0.15, 0.2) is 0 Å². The fourth-order valence-corrected chi connectivity index (χ4v) is 3.88. The van der Waals surface area contributed by atoms with Gasteiger partial charge in [0.05, 0.1) is 4.88 Å². The molecule has 2 aliphatic heterocycles. The smallest absolute Gasteiger partial charge is 0.263 e. The first-order valence-electron chi connectivity index (χ1n) is 6.90. The van der Waals surface area contributed by atoms with E-state index in [1.54, 1.807) is 11.3 Å². The molecule has 2 atom stereocenters. The standard InChI is InChI=1S/C14H20N2OS/c1-2-12-5-6-13(18-12)14(17)16-8-7-10-3-4-11(9-16)15-10/h5-6,10-11,15H,2-4,7-9H2,1H3. The summed E-state index contributed by atoms with van der Waals surface area (Å²) in [4.78, 5) is 16.7. The summed E-state index contributed by atoms with van der Waals surface area (Å²) in [6, 6.07) is 5.23. The summed E-state index contributed by atoms with van der Waals surface area (Å²) in [5, 5.41) is 3.61. The maximum absolute atomic E-state index is 12.5. The minimum atomic E-state index is 0.231. The molecule has 0 aliphatic carbocycles. The van der Waals surface area contributed by atoms with Crippen molar-refractivity contribution >= 4 is 17.2 Å². The van der Waals surface area contributed by atoms with Gasteiger partial charge in [0.1, 0.15) is 0 Å². The van der Waals surface area contributed by atoms with Crippen LogP contribution in [-0.2, 0) is 6.42 Å². The average Bonchev–Trinajstić information content (AvgIpc) is 2.95. The third-order valence-corrected chi connectivity index (χ3v) is 5.25. The van der Waals surface area contributed by atoms with Crippen LogP contribution in [0.15, 0.2) is 12.1 Å². The number of nitrogens with one attached hydrogen (secondary N) is 1. The third-order valence-electron chi connectivity index (χ3n) is 4.03. The summed E-state index contributed by atoms with van der Waals surface area (Å²) in [6.07, 6.45) is 4.63. The molecule has 4 heteroatoms. The van der Waals surface area contributed by atoms with Crippen molar-refractivity contribution < 1.29 is 4.79 Å². The Morgan fingerprint density at radius 3 is 3.00 bits per heavy atom. The van der Waals surface area contributed by atoms with Crippen LogP contribution in [0.3, 0.4) is 0 Å². The van der Waals surface area contributed by atoms with Crippen molar-refractivity contribution in [3.8, 4) is 0 Å². The van der Waals surface area contributed by atoms with Crippen LogP contribution in [0.2, 0.25) is 0 Å². The largest absolute Gasteiger partial charge is 0.336 e. The molecule has 1 aromatic rings. The highest BCUT2D eigenvalue weighted by Gasteiger charge is 2.31. The van der Waals surface area contributed by atoms with Gasteiger partial charge in [-0.15, -0.1) is 11.3 Å². The van der Waals surface area contributed by atoms with Crippen LogP contribution in [0, 0.1) is 0 Å². The van der Waals surface area contributed by atoms with Gasteiger partial charge in [0.2, 0.25) is 0 Å². The molecule has 3 rings (SSSR count). The van der Waals surface area contributed by atoms with Gasteiger partial charge in [-0.05, 0) is 37.8 Å². The first kappa shape index (κ1) is 12.2.